The number of ether oxygens (including phenoxy) is 3. The molecule has 12 rings (SSSR count). The predicted molar refractivity (Wildman–Crippen MR) is 303 cm³/mol. The number of carbonyl (C=O) groups excluding carboxylic acids is 2. The van der Waals surface area contributed by atoms with E-state index in [1.165, 1.54) is 38.1 Å². The van der Waals surface area contributed by atoms with Gasteiger partial charge in [0.05, 0.1) is 53.5 Å². The minimum absolute atomic E-state index is 0.000954. The number of hydrogen-bond donors (Lipinski definition) is 2. The second kappa shape index (κ2) is 23.2. The Bertz CT molecular complexity index is 3180. The number of likely N-dealkylation sites (tertiary alicyclic amines) is 1. The maximum absolute atomic E-state index is 16.9. The molecule has 2 amide bonds. The molecule has 2 unspecified atom stereocenters. The molecule has 5 fully saturated rings. The minimum Gasteiger partial charge on any atom is -0.508 e. The highest BCUT2D eigenvalue weighted by Crippen LogP contribution is 2.44. The third-order valence-electron chi connectivity index (χ3n) is 17.8. The van der Waals surface area contributed by atoms with Gasteiger partial charge < -0.3 is 39.3 Å². The van der Waals surface area contributed by atoms with Crippen molar-refractivity contribution in [2.24, 2.45) is 18.9 Å². The van der Waals surface area contributed by atoms with Gasteiger partial charge in [0.2, 0.25) is 5.91 Å². The Hall–Kier alpha value is -6.30. The molecule has 6 aliphatic heterocycles. The Morgan fingerprint density at radius 1 is 0.962 bits per heavy atom. The summed E-state index contributed by atoms with van der Waals surface area (Å²) in [6.45, 7) is 12.3. The van der Waals surface area contributed by atoms with E-state index < -0.39 is 5.82 Å². The first kappa shape index (κ1) is 53.7. The quantitative estimate of drug-likeness (QED) is 0.111. The topological polar surface area (TPSA) is 164 Å². The standard InChI is InChI=1S/C32H33ClFN5O3.C28H41N5O3/c33-23-6-1-5-19-15-21(40)16-22(25(19)23)28-27(34)29-26-24(35-28)8-7-20-17-41-14-4-13-39(20)30(26)37-31(36-29)42-18-32-9-2-11-38(32)12-3-10-32;1-5-6-7-24(27(34)29-2)26-23-9-8-22(19-25(23)31(3)30-26)32-14-10-20(11-15-32)18-21-12-16-33(17-13-21)28(35)36-4/h1,5-6,15-16,20,40H,2-4,7-14,17-18H2;5,8-9,19-21,24H,1,6-7,10-18H2,2-4H3,(H,29,34). The van der Waals surface area contributed by atoms with Crippen LogP contribution in [-0.4, -0.2) is 143 Å². The molecule has 16 nitrogen and oxygen atoms in total. The fraction of sp³-hybridized carbons (Fsp3) is 0.533. The molecule has 6 aliphatic rings. The third kappa shape index (κ3) is 10.7. The highest BCUT2D eigenvalue weighted by molar-refractivity contribution is 6.36. The molecule has 78 heavy (non-hydrogen) atoms. The number of phenolic OH excluding ortho intramolecular Hbond substituents is 1. The number of benzene rings is 3. The predicted octanol–water partition coefficient (Wildman–Crippen LogP) is 10.3. The monoisotopic (exact) mass is 1080 g/mol. The van der Waals surface area contributed by atoms with Crippen molar-refractivity contribution in [1.82, 2.24) is 39.8 Å². The van der Waals surface area contributed by atoms with Crippen LogP contribution in [0.5, 0.6) is 11.8 Å². The number of methoxy groups -OCH3 is 1. The van der Waals surface area contributed by atoms with Crippen LogP contribution in [0.1, 0.15) is 101 Å². The zero-order valence-electron chi connectivity index (χ0n) is 45.5. The van der Waals surface area contributed by atoms with E-state index in [1.54, 1.807) is 19.2 Å². The molecule has 9 heterocycles. The van der Waals surface area contributed by atoms with Gasteiger partial charge in [0.25, 0.3) is 0 Å². The number of phenols is 1. The van der Waals surface area contributed by atoms with E-state index >= 15 is 4.39 Å². The van der Waals surface area contributed by atoms with Crippen LogP contribution in [0.2, 0.25) is 5.02 Å². The summed E-state index contributed by atoms with van der Waals surface area (Å²) in [6.07, 6.45) is 15.7. The zero-order chi connectivity index (χ0) is 54.1. The van der Waals surface area contributed by atoms with Crippen LogP contribution < -0.4 is 19.9 Å². The lowest BCUT2D eigenvalue weighted by molar-refractivity contribution is -0.122. The van der Waals surface area contributed by atoms with Gasteiger partial charge in [-0.25, -0.2) is 14.2 Å². The molecule has 5 saturated heterocycles. The summed E-state index contributed by atoms with van der Waals surface area (Å²) < 4.78 is 36.0. The summed E-state index contributed by atoms with van der Waals surface area (Å²) in [6, 6.07) is 15.4. The summed E-state index contributed by atoms with van der Waals surface area (Å²) in [4.78, 5) is 48.0. The molecule has 6 aromatic rings. The second-order valence-corrected chi connectivity index (χ2v) is 22.8. The van der Waals surface area contributed by atoms with Crippen molar-refractivity contribution in [2.75, 3.05) is 89.6 Å². The average molecular weight is 1090 g/mol. The number of fused-ring (bicyclic) bond motifs is 5. The van der Waals surface area contributed by atoms with Gasteiger partial charge in [-0.15, -0.1) is 6.58 Å². The average Bonchev–Trinajstić information content (AvgIpc) is 4.10. The van der Waals surface area contributed by atoms with Crippen LogP contribution >= 0.6 is 11.6 Å². The molecule has 414 valence electrons. The van der Waals surface area contributed by atoms with Crippen molar-refractivity contribution in [3.63, 3.8) is 0 Å². The molecule has 2 atom stereocenters. The molecular formula is C60H74ClFN10O6. The number of halogens is 2. The van der Waals surface area contributed by atoms with Gasteiger partial charge in [0.15, 0.2) is 5.82 Å². The summed E-state index contributed by atoms with van der Waals surface area (Å²) in [5, 5.41) is 21.6. The van der Waals surface area contributed by atoms with Crippen molar-refractivity contribution in [3.8, 4) is 23.0 Å². The molecular weight excluding hydrogens is 1010 g/mol. The fourth-order valence-electron chi connectivity index (χ4n) is 13.7. The number of nitrogens with zero attached hydrogens (tertiary/aromatic N) is 9. The van der Waals surface area contributed by atoms with Gasteiger partial charge in [-0.05, 0) is 157 Å². The Balaban J connectivity index is 0.000000168. The zero-order valence-corrected chi connectivity index (χ0v) is 46.2. The van der Waals surface area contributed by atoms with Gasteiger partial charge in [0, 0.05) is 80.5 Å². The highest BCUT2D eigenvalue weighted by atomic mass is 35.5. The van der Waals surface area contributed by atoms with Crippen LogP contribution in [-0.2, 0) is 27.7 Å². The number of nitrogens with one attached hydrogen (secondary N) is 1. The van der Waals surface area contributed by atoms with E-state index in [4.69, 9.17) is 45.9 Å². The van der Waals surface area contributed by atoms with E-state index in [2.05, 4.69) is 44.8 Å². The van der Waals surface area contributed by atoms with Crippen LogP contribution in [0.15, 0.2) is 61.2 Å². The fourth-order valence-corrected chi connectivity index (χ4v) is 13.9. The van der Waals surface area contributed by atoms with E-state index in [-0.39, 0.29) is 52.5 Å². The largest absolute Gasteiger partial charge is 0.508 e. The van der Waals surface area contributed by atoms with Gasteiger partial charge in [-0.2, -0.15) is 15.1 Å². The lowest BCUT2D eigenvalue weighted by atomic mass is 9.83. The number of amides is 2. The number of allylic oxidation sites excluding steroid dienone is 1. The third-order valence-corrected chi connectivity index (χ3v) is 18.1. The highest BCUT2D eigenvalue weighted by Gasteiger charge is 2.45. The van der Waals surface area contributed by atoms with E-state index in [0.717, 1.165) is 132 Å². The minimum atomic E-state index is -0.569. The number of anilines is 2. The Morgan fingerprint density at radius 3 is 2.47 bits per heavy atom. The molecule has 0 spiro atoms. The number of piperidine rings is 2. The first-order valence-electron chi connectivity index (χ1n) is 28.4. The molecule has 0 radical (unpaired) electrons. The molecule has 18 heteroatoms. The Morgan fingerprint density at radius 2 is 1.73 bits per heavy atom. The van der Waals surface area contributed by atoms with Gasteiger partial charge in [0.1, 0.15) is 29.4 Å². The van der Waals surface area contributed by atoms with Crippen LogP contribution in [0, 0.1) is 17.7 Å². The molecule has 0 saturated carbocycles. The maximum Gasteiger partial charge on any atom is 0.409 e. The number of hydrogen-bond acceptors (Lipinski definition) is 13. The summed E-state index contributed by atoms with van der Waals surface area (Å²) in [7, 11) is 5.10. The molecule has 3 aromatic carbocycles. The number of pyridine rings is 1. The molecule has 0 bridgehead atoms. The Kier molecular flexibility index (Phi) is 16.0. The molecule has 3 aromatic heterocycles. The van der Waals surface area contributed by atoms with Crippen molar-refractivity contribution in [2.45, 2.75) is 107 Å². The first-order valence-corrected chi connectivity index (χ1v) is 28.7. The van der Waals surface area contributed by atoms with Crippen molar-refractivity contribution in [1.29, 1.82) is 0 Å². The maximum atomic E-state index is 16.9. The number of rotatable bonds is 12. The lowest BCUT2D eigenvalue weighted by Crippen LogP contribution is -2.43. The van der Waals surface area contributed by atoms with Crippen molar-refractivity contribution < 1.29 is 33.3 Å². The number of likely N-dealkylation sites (N-methyl/N-ethyl adjacent to an activating group) is 1. The SMILES string of the molecule is C=CCCC(C(=O)NC)c1nn(C)c2cc(N3CCC(CC4CCN(C(=O)OC)CC4)CC3)ccc12.Oc1cc(-c2nc3c4c(nc(OCC56CCCN5CCC6)nc4c2F)N2CCCOCC2CC3)c2c(Cl)cccc2c1. The van der Waals surface area contributed by atoms with Gasteiger partial charge in [-0.1, -0.05) is 29.8 Å². The smallest absolute Gasteiger partial charge is 0.409 e. The summed E-state index contributed by atoms with van der Waals surface area (Å²) in [5.41, 5.74) is 4.62. The Labute approximate surface area is 461 Å². The number of aromatic hydroxyl groups is 1. The van der Waals surface area contributed by atoms with Crippen LogP contribution in [0.25, 0.3) is 43.8 Å². The summed E-state index contributed by atoms with van der Waals surface area (Å²) in [5.74, 6) is 1.29. The van der Waals surface area contributed by atoms with E-state index in [9.17, 15) is 14.7 Å². The van der Waals surface area contributed by atoms with Crippen LogP contribution in [0.4, 0.5) is 20.7 Å². The van der Waals surface area contributed by atoms with E-state index in [1.807, 2.05) is 34.8 Å². The van der Waals surface area contributed by atoms with Crippen LogP contribution in [0.3, 0.4) is 0 Å². The van der Waals surface area contributed by atoms with E-state index in [0.29, 0.717) is 71.1 Å². The number of aromatic nitrogens is 5. The lowest BCUT2D eigenvalue weighted by Gasteiger charge is -2.37. The van der Waals surface area contributed by atoms with Crippen molar-refractivity contribution in [3.05, 3.63) is 83.4 Å². The normalized spacial score (nSPS) is 20.2. The first-order chi connectivity index (χ1) is 37.9. The van der Waals surface area contributed by atoms with Gasteiger partial charge in [-0.3, -0.25) is 14.4 Å². The molecule has 0 aliphatic carbocycles. The second-order valence-electron chi connectivity index (χ2n) is 22.4. The van der Waals surface area contributed by atoms with Gasteiger partial charge >= 0.3 is 12.1 Å². The van der Waals surface area contributed by atoms with Crippen molar-refractivity contribution >= 4 is 67.7 Å². The molecule has 2 N–H and O–H groups in total. The summed E-state index contributed by atoms with van der Waals surface area (Å²) >= 11 is 6.64. The number of carbonyl (C=O) groups is 2. The number of aryl methyl sites for hydroxylation is 2.